The Kier molecular flexibility index (Phi) is 8.37. The lowest BCUT2D eigenvalue weighted by Gasteiger charge is -2.32. The van der Waals surface area contributed by atoms with Gasteiger partial charge in [0.1, 0.15) is 11.9 Å². The summed E-state index contributed by atoms with van der Waals surface area (Å²) in [5, 5.41) is 13.6. The number of unbranched alkanes of at least 4 members (excludes halogenated alkanes) is 1. The van der Waals surface area contributed by atoms with Crippen LogP contribution in [0.2, 0.25) is 0 Å². The predicted molar refractivity (Wildman–Crippen MR) is 142 cm³/mol. The summed E-state index contributed by atoms with van der Waals surface area (Å²) in [6.07, 6.45) is 10.6. The number of hydrogen-bond acceptors (Lipinski definition) is 7. The maximum absolute atomic E-state index is 12.5. The number of aromatic nitrogens is 2. The highest BCUT2D eigenvalue weighted by molar-refractivity contribution is 5.76. The van der Waals surface area contributed by atoms with Crippen LogP contribution >= 0.6 is 0 Å². The quantitative estimate of drug-likeness (QED) is 0.462. The zero-order valence-corrected chi connectivity index (χ0v) is 22.1. The largest absolute Gasteiger partial charge is 0.480 e. The number of aliphatic carboxylic acids is 1. The molecule has 37 heavy (non-hydrogen) atoms. The second kappa shape index (κ2) is 11.9. The smallest absolute Gasteiger partial charge is 0.325 e. The van der Waals surface area contributed by atoms with Crippen LogP contribution in [0.15, 0.2) is 24.5 Å². The first-order valence-electron chi connectivity index (χ1n) is 13.9. The molecule has 2 N–H and O–H groups in total. The fourth-order valence-corrected chi connectivity index (χ4v) is 5.82. The van der Waals surface area contributed by atoms with Crippen LogP contribution < -0.4 is 5.32 Å². The lowest BCUT2D eigenvalue weighted by atomic mass is 9.88. The third-order valence-corrected chi connectivity index (χ3v) is 7.98. The number of ether oxygens (including phenoxy) is 2. The topological polar surface area (TPSA) is 96.8 Å². The first kappa shape index (κ1) is 26.1. The first-order chi connectivity index (χ1) is 18.0. The van der Waals surface area contributed by atoms with Crippen molar-refractivity contribution in [1.29, 1.82) is 0 Å². The highest BCUT2D eigenvalue weighted by atomic mass is 16.5. The Bertz CT molecular complexity index is 1090. The fourth-order valence-electron chi connectivity index (χ4n) is 5.82. The van der Waals surface area contributed by atoms with Gasteiger partial charge in [-0.3, -0.25) is 14.7 Å². The molecule has 1 saturated heterocycles. The number of aryl methyl sites for hydroxylation is 2. The molecular weight excluding hydrogens is 468 g/mol. The summed E-state index contributed by atoms with van der Waals surface area (Å²) in [6, 6.07) is 3.66. The number of pyridine rings is 2. The van der Waals surface area contributed by atoms with Crippen molar-refractivity contribution < 1.29 is 19.4 Å². The second-order valence-electron chi connectivity index (χ2n) is 11.0. The van der Waals surface area contributed by atoms with Crippen LogP contribution in [-0.2, 0) is 40.1 Å². The highest BCUT2D eigenvalue weighted by Gasteiger charge is 2.37. The molecular formula is C29H40N4O4. The molecule has 2 aromatic heterocycles. The average molecular weight is 509 g/mol. The van der Waals surface area contributed by atoms with Crippen molar-refractivity contribution in [2.24, 2.45) is 5.92 Å². The number of anilines is 1. The Morgan fingerprint density at radius 1 is 1.27 bits per heavy atom. The van der Waals surface area contributed by atoms with Crippen LogP contribution in [0.25, 0.3) is 0 Å². The van der Waals surface area contributed by atoms with E-state index in [1.54, 1.807) is 6.20 Å². The van der Waals surface area contributed by atoms with Gasteiger partial charge in [0.05, 0.1) is 18.8 Å². The summed E-state index contributed by atoms with van der Waals surface area (Å²) in [6.45, 7) is 7.82. The van der Waals surface area contributed by atoms with E-state index in [9.17, 15) is 9.90 Å². The van der Waals surface area contributed by atoms with Crippen molar-refractivity contribution in [2.75, 3.05) is 31.6 Å². The predicted octanol–water partition coefficient (Wildman–Crippen LogP) is 4.17. The zero-order chi connectivity index (χ0) is 25.8. The van der Waals surface area contributed by atoms with Crippen molar-refractivity contribution >= 4 is 11.8 Å². The van der Waals surface area contributed by atoms with Crippen LogP contribution in [0.3, 0.4) is 0 Å². The standard InChI is InChI=1S/C29H40N4O4/c1-19(2)26-14-24-21(18-37-26)15-30-16-25(24)27(29(34)35)33-12-10-23(17-33)36-13-4-3-7-22-9-8-20-6-5-11-31-28(20)32-22/h8-9,15-16,19,23,26-27H,3-7,10-14,17-18H2,1-2H3,(H,31,32)(H,34,35). The van der Waals surface area contributed by atoms with E-state index in [0.717, 1.165) is 73.3 Å². The van der Waals surface area contributed by atoms with Crippen molar-refractivity contribution in [2.45, 2.75) is 83.6 Å². The van der Waals surface area contributed by atoms with Gasteiger partial charge in [-0.1, -0.05) is 19.9 Å². The third kappa shape index (κ3) is 6.13. The Morgan fingerprint density at radius 3 is 3.00 bits per heavy atom. The maximum atomic E-state index is 12.5. The third-order valence-electron chi connectivity index (χ3n) is 7.98. The van der Waals surface area contributed by atoms with Gasteiger partial charge in [0.15, 0.2) is 0 Å². The molecule has 8 nitrogen and oxygen atoms in total. The fraction of sp³-hybridized carbons (Fsp3) is 0.621. The van der Waals surface area contributed by atoms with Gasteiger partial charge in [-0.15, -0.1) is 0 Å². The molecule has 3 aliphatic rings. The summed E-state index contributed by atoms with van der Waals surface area (Å²) in [5.41, 5.74) is 5.38. The Labute approximate surface area is 219 Å². The molecule has 8 heteroatoms. The number of likely N-dealkylation sites (tertiary alicyclic amines) is 1. The minimum absolute atomic E-state index is 0.0622. The number of carboxylic acids is 1. The van der Waals surface area contributed by atoms with Gasteiger partial charge >= 0.3 is 5.97 Å². The van der Waals surface area contributed by atoms with Crippen molar-refractivity contribution in [3.8, 4) is 0 Å². The van der Waals surface area contributed by atoms with E-state index in [4.69, 9.17) is 14.5 Å². The average Bonchev–Trinajstić information content (AvgIpc) is 3.36. The molecule has 0 amide bonds. The monoisotopic (exact) mass is 508 g/mol. The van der Waals surface area contributed by atoms with Gasteiger partial charge in [-0.2, -0.15) is 0 Å². The van der Waals surface area contributed by atoms with E-state index in [2.05, 4.69) is 36.3 Å². The molecule has 3 atom stereocenters. The molecule has 2 aromatic rings. The summed E-state index contributed by atoms with van der Waals surface area (Å²) in [4.78, 5) is 23.7. The molecule has 0 saturated carbocycles. The van der Waals surface area contributed by atoms with Crippen LogP contribution in [-0.4, -0.2) is 64.4 Å². The first-order valence-corrected chi connectivity index (χ1v) is 13.9. The van der Waals surface area contributed by atoms with E-state index in [1.807, 2.05) is 11.1 Å². The number of nitrogens with zero attached hydrogens (tertiary/aromatic N) is 3. The Hall–Kier alpha value is -2.55. The van der Waals surface area contributed by atoms with E-state index >= 15 is 0 Å². The van der Waals surface area contributed by atoms with Gasteiger partial charge in [-0.05, 0) is 73.6 Å². The molecule has 0 aromatic carbocycles. The molecule has 0 radical (unpaired) electrons. The molecule has 0 spiro atoms. The van der Waals surface area contributed by atoms with Gasteiger partial charge in [0.25, 0.3) is 0 Å². The number of hydrogen-bond donors (Lipinski definition) is 2. The van der Waals surface area contributed by atoms with Crippen LogP contribution in [0.1, 0.15) is 73.5 Å². The van der Waals surface area contributed by atoms with E-state index in [-0.39, 0.29) is 12.2 Å². The lowest BCUT2D eigenvalue weighted by Crippen LogP contribution is -2.36. The number of rotatable bonds is 10. The second-order valence-corrected chi connectivity index (χ2v) is 11.0. The maximum Gasteiger partial charge on any atom is 0.325 e. The van der Waals surface area contributed by atoms with E-state index < -0.39 is 12.0 Å². The van der Waals surface area contributed by atoms with Crippen LogP contribution in [0.4, 0.5) is 5.82 Å². The van der Waals surface area contributed by atoms with Gasteiger partial charge in [-0.25, -0.2) is 4.98 Å². The molecule has 0 aliphatic carbocycles. The Morgan fingerprint density at radius 2 is 2.16 bits per heavy atom. The van der Waals surface area contributed by atoms with E-state index in [1.165, 1.54) is 12.0 Å². The van der Waals surface area contributed by atoms with Gasteiger partial charge < -0.3 is 19.9 Å². The summed E-state index contributed by atoms with van der Waals surface area (Å²) < 4.78 is 12.2. The normalized spacial score (nSPS) is 22.4. The van der Waals surface area contributed by atoms with Crippen molar-refractivity contribution in [3.05, 3.63) is 52.5 Å². The summed E-state index contributed by atoms with van der Waals surface area (Å²) >= 11 is 0. The molecule has 5 heterocycles. The molecule has 0 bridgehead atoms. The molecule has 200 valence electrons. The lowest BCUT2D eigenvalue weighted by molar-refractivity contribution is -0.143. The zero-order valence-electron chi connectivity index (χ0n) is 22.1. The van der Waals surface area contributed by atoms with E-state index in [0.29, 0.717) is 32.2 Å². The molecule has 3 unspecified atom stereocenters. The molecule has 1 fully saturated rings. The highest BCUT2D eigenvalue weighted by Crippen LogP contribution is 2.34. The van der Waals surface area contributed by atoms with Crippen LogP contribution in [0, 0.1) is 5.92 Å². The SMILES string of the molecule is CC(C)C1Cc2c(cncc2C(C(=O)O)N2CCC(OCCCCc3ccc4c(n3)NCCC4)C2)CO1. The van der Waals surface area contributed by atoms with Crippen LogP contribution in [0.5, 0.6) is 0 Å². The van der Waals surface area contributed by atoms with Crippen molar-refractivity contribution in [3.63, 3.8) is 0 Å². The number of nitrogens with one attached hydrogen (secondary N) is 1. The van der Waals surface area contributed by atoms with Gasteiger partial charge in [0, 0.05) is 49.9 Å². The molecule has 3 aliphatic heterocycles. The summed E-state index contributed by atoms with van der Waals surface area (Å²) in [7, 11) is 0. The Balaban J connectivity index is 1.13. The number of fused-ring (bicyclic) bond motifs is 2. The molecule has 5 rings (SSSR count). The number of carbonyl (C=O) groups is 1. The summed E-state index contributed by atoms with van der Waals surface area (Å²) in [5.74, 6) is 0.610. The van der Waals surface area contributed by atoms with Crippen molar-refractivity contribution in [1.82, 2.24) is 14.9 Å². The van der Waals surface area contributed by atoms with Gasteiger partial charge in [0.2, 0.25) is 0 Å². The number of carboxylic acid groups (broad SMARTS) is 1. The minimum atomic E-state index is -0.824. The minimum Gasteiger partial charge on any atom is -0.480 e.